The Bertz CT molecular complexity index is 1090. The highest BCUT2D eigenvalue weighted by molar-refractivity contribution is 5.70. The highest BCUT2D eigenvalue weighted by Crippen LogP contribution is 2.31. The van der Waals surface area contributed by atoms with E-state index in [1.807, 2.05) is 0 Å². The van der Waals surface area contributed by atoms with Crippen LogP contribution in [0.15, 0.2) is 45.6 Å². The van der Waals surface area contributed by atoms with Crippen LogP contribution in [0, 0.1) is 0 Å². The van der Waals surface area contributed by atoms with E-state index < -0.39 is 36.7 Å². The predicted molar refractivity (Wildman–Crippen MR) is 93.4 cm³/mol. The zero-order valence-corrected chi connectivity index (χ0v) is 14.2. The fourth-order valence-corrected chi connectivity index (χ4v) is 2.91. The van der Waals surface area contributed by atoms with Gasteiger partial charge in [-0.2, -0.15) is 4.98 Å². The van der Waals surface area contributed by atoms with E-state index in [2.05, 4.69) is 25.2 Å². The number of phenols is 1. The van der Waals surface area contributed by atoms with Crippen molar-refractivity contribution in [1.82, 2.24) is 19.5 Å². The summed E-state index contributed by atoms with van der Waals surface area (Å²) >= 11 is 0. The third-order valence-corrected chi connectivity index (χ3v) is 4.35. The standard InChI is InChI=1S/C16H16N6O6/c23-5-9-11(25)12(26)15(28-9)22-6-17-10-13(22)18-16(19-14(10)27)21-20-7-3-1-2-4-8(7)24/h1-4,6,9,11-12,15,23-26H,5H2,(H,18,19,27)/b21-20+/t9?,11-,12-,15-/m1/s1. The van der Waals surface area contributed by atoms with Crippen molar-refractivity contribution in [2.75, 3.05) is 6.61 Å². The second kappa shape index (κ2) is 7.09. The summed E-state index contributed by atoms with van der Waals surface area (Å²) in [5, 5.41) is 46.8. The lowest BCUT2D eigenvalue weighted by atomic mass is 10.1. The quantitative estimate of drug-likeness (QED) is 0.383. The van der Waals surface area contributed by atoms with Gasteiger partial charge in [0.15, 0.2) is 17.4 Å². The topological polar surface area (TPSA) is 178 Å². The van der Waals surface area contributed by atoms with Crippen LogP contribution < -0.4 is 5.56 Å². The van der Waals surface area contributed by atoms with Crippen LogP contribution in [0.4, 0.5) is 11.6 Å². The molecule has 1 unspecified atom stereocenters. The molecule has 0 aliphatic carbocycles. The Morgan fingerprint density at radius 2 is 2.00 bits per heavy atom. The molecular formula is C16H16N6O6. The first-order valence-electron chi connectivity index (χ1n) is 8.28. The Balaban J connectivity index is 1.73. The van der Waals surface area contributed by atoms with Gasteiger partial charge in [0.2, 0.25) is 0 Å². The molecule has 1 aliphatic rings. The molecule has 1 saturated heterocycles. The number of benzene rings is 1. The first kappa shape index (κ1) is 18.2. The van der Waals surface area contributed by atoms with Gasteiger partial charge < -0.3 is 25.2 Å². The molecule has 1 fully saturated rings. The van der Waals surface area contributed by atoms with E-state index in [-0.39, 0.29) is 28.5 Å². The van der Waals surface area contributed by atoms with E-state index in [1.165, 1.54) is 23.0 Å². The highest BCUT2D eigenvalue weighted by Gasteiger charge is 2.44. The van der Waals surface area contributed by atoms with E-state index in [1.54, 1.807) is 12.1 Å². The molecule has 5 N–H and O–H groups in total. The average molecular weight is 388 g/mol. The third-order valence-electron chi connectivity index (χ3n) is 4.35. The Hall–Kier alpha value is -3.19. The van der Waals surface area contributed by atoms with Crippen molar-refractivity contribution < 1.29 is 25.2 Å². The zero-order valence-electron chi connectivity index (χ0n) is 14.2. The molecule has 12 heteroatoms. The minimum atomic E-state index is -1.36. The summed E-state index contributed by atoms with van der Waals surface area (Å²) in [5.41, 5.74) is -0.395. The number of rotatable bonds is 4. The Kier molecular flexibility index (Phi) is 4.60. The van der Waals surface area contributed by atoms with Crippen LogP contribution in [0.2, 0.25) is 0 Å². The van der Waals surface area contributed by atoms with Gasteiger partial charge in [-0.25, -0.2) is 4.98 Å². The maximum Gasteiger partial charge on any atom is 0.280 e. The summed E-state index contributed by atoms with van der Waals surface area (Å²) in [5.74, 6) is -0.250. The number of aromatic amines is 1. The summed E-state index contributed by atoms with van der Waals surface area (Å²) < 4.78 is 6.72. The number of aliphatic hydroxyl groups is 3. The lowest BCUT2D eigenvalue weighted by Crippen LogP contribution is -2.33. The van der Waals surface area contributed by atoms with Crippen LogP contribution in [0.5, 0.6) is 5.75 Å². The molecule has 0 spiro atoms. The van der Waals surface area contributed by atoms with Gasteiger partial charge in [-0.05, 0) is 12.1 Å². The normalized spacial score (nSPS) is 25.1. The Morgan fingerprint density at radius 1 is 1.21 bits per heavy atom. The molecule has 28 heavy (non-hydrogen) atoms. The summed E-state index contributed by atoms with van der Waals surface area (Å²) in [4.78, 5) is 22.8. The lowest BCUT2D eigenvalue weighted by molar-refractivity contribution is -0.0511. The summed E-state index contributed by atoms with van der Waals surface area (Å²) in [6.07, 6.45) is -3.53. The van der Waals surface area contributed by atoms with Crippen LogP contribution in [0.25, 0.3) is 11.2 Å². The second-order valence-electron chi connectivity index (χ2n) is 6.13. The van der Waals surface area contributed by atoms with Crippen LogP contribution in [0.1, 0.15) is 6.23 Å². The van der Waals surface area contributed by atoms with E-state index >= 15 is 0 Å². The molecule has 4 rings (SSSR count). The minimum Gasteiger partial charge on any atom is -0.506 e. The summed E-state index contributed by atoms with van der Waals surface area (Å²) in [6, 6.07) is 6.24. The molecule has 3 heterocycles. The number of azo groups is 1. The largest absolute Gasteiger partial charge is 0.506 e. The molecule has 0 saturated carbocycles. The zero-order chi connectivity index (χ0) is 19.8. The molecule has 12 nitrogen and oxygen atoms in total. The van der Waals surface area contributed by atoms with Crippen molar-refractivity contribution >= 4 is 22.8 Å². The average Bonchev–Trinajstić information content (AvgIpc) is 3.23. The van der Waals surface area contributed by atoms with Crippen molar-refractivity contribution in [2.45, 2.75) is 24.5 Å². The first-order chi connectivity index (χ1) is 13.5. The van der Waals surface area contributed by atoms with Crippen LogP contribution in [0.3, 0.4) is 0 Å². The second-order valence-corrected chi connectivity index (χ2v) is 6.13. The van der Waals surface area contributed by atoms with Gasteiger partial charge in [-0.1, -0.05) is 12.1 Å². The maximum absolute atomic E-state index is 12.3. The molecular weight excluding hydrogens is 372 g/mol. The van der Waals surface area contributed by atoms with Crippen LogP contribution >= 0.6 is 0 Å². The van der Waals surface area contributed by atoms with Crippen molar-refractivity contribution in [1.29, 1.82) is 0 Å². The number of imidazole rings is 1. The van der Waals surface area contributed by atoms with Gasteiger partial charge in [-0.3, -0.25) is 14.3 Å². The first-order valence-corrected chi connectivity index (χ1v) is 8.28. The Labute approximate surface area is 156 Å². The number of H-pyrrole nitrogens is 1. The maximum atomic E-state index is 12.3. The SMILES string of the molecule is O=c1[nH]c(/N=N/c2ccccc2O)nc2c1ncn2[C@@H]1OC(CO)[C@@H](O)[C@H]1O. The third kappa shape index (κ3) is 3.03. The van der Waals surface area contributed by atoms with Gasteiger partial charge in [0, 0.05) is 0 Å². The van der Waals surface area contributed by atoms with E-state index in [0.717, 1.165) is 0 Å². The number of ether oxygens (including phenoxy) is 1. The van der Waals surface area contributed by atoms with Crippen molar-refractivity contribution in [2.24, 2.45) is 10.2 Å². The fraction of sp³-hybridized carbons (Fsp3) is 0.312. The number of aliphatic hydroxyl groups excluding tert-OH is 3. The monoisotopic (exact) mass is 388 g/mol. The lowest BCUT2D eigenvalue weighted by Gasteiger charge is -2.16. The van der Waals surface area contributed by atoms with Gasteiger partial charge in [0.05, 0.1) is 12.9 Å². The number of fused-ring (bicyclic) bond motifs is 1. The molecule has 4 atom stereocenters. The summed E-state index contributed by atoms with van der Waals surface area (Å²) in [7, 11) is 0. The number of hydrogen-bond donors (Lipinski definition) is 5. The Morgan fingerprint density at radius 3 is 2.71 bits per heavy atom. The number of nitrogens with one attached hydrogen (secondary N) is 1. The molecule has 2 aromatic heterocycles. The van der Waals surface area contributed by atoms with Crippen molar-refractivity contribution in [3.63, 3.8) is 0 Å². The molecule has 3 aromatic rings. The molecule has 0 radical (unpaired) electrons. The number of nitrogens with zero attached hydrogens (tertiary/aromatic N) is 5. The number of para-hydroxylation sites is 1. The number of aromatic nitrogens is 4. The molecule has 146 valence electrons. The molecule has 1 aliphatic heterocycles. The highest BCUT2D eigenvalue weighted by atomic mass is 16.6. The fourth-order valence-electron chi connectivity index (χ4n) is 2.91. The van der Waals surface area contributed by atoms with E-state index in [0.29, 0.717) is 0 Å². The molecule has 0 bridgehead atoms. The van der Waals surface area contributed by atoms with Gasteiger partial charge >= 0.3 is 0 Å². The molecule has 0 amide bonds. The number of aromatic hydroxyl groups is 1. The number of phenolic OH excluding ortho intramolecular Hbond substituents is 1. The minimum absolute atomic E-state index is 0.0285. The van der Waals surface area contributed by atoms with Gasteiger partial charge in [0.25, 0.3) is 11.5 Å². The van der Waals surface area contributed by atoms with Crippen molar-refractivity contribution in [3.8, 4) is 5.75 Å². The molecule has 1 aromatic carbocycles. The van der Waals surface area contributed by atoms with E-state index in [4.69, 9.17) is 4.74 Å². The van der Waals surface area contributed by atoms with Crippen molar-refractivity contribution in [3.05, 3.63) is 40.9 Å². The predicted octanol–water partition coefficient (Wildman–Crippen LogP) is -0.148. The van der Waals surface area contributed by atoms with Crippen LogP contribution in [-0.2, 0) is 4.74 Å². The van der Waals surface area contributed by atoms with Crippen LogP contribution in [-0.4, -0.2) is 64.9 Å². The van der Waals surface area contributed by atoms with E-state index in [9.17, 15) is 25.2 Å². The van der Waals surface area contributed by atoms with Gasteiger partial charge in [-0.15, -0.1) is 10.2 Å². The number of hydrogen-bond acceptors (Lipinski definition) is 10. The van der Waals surface area contributed by atoms with Gasteiger partial charge in [0.1, 0.15) is 29.7 Å². The smallest absolute Gasteiger partial charge is 0.280 e. The summed E-state index contributed by atoms with van der Waals surface area (Å²) in [6.45, 7) is -0.491.